The summed E-state index contributed by atoms with van der Waals surface area (Å²) in [5, 5.41) is 8.49. The molecule has 2 aromatic heterocycles. The third-order valence-electron chi connectivity index (χ3n) is 8.30. The first-order valence-corrected chi connectivity index (χ1v) is 17.1. The summed E-state index contributed by atoms with van der Waals surface area (Å²) in [6.07, 6.45) is 2.69. The number of fused-ring (bicyclic) bond motifs is 1. The van der Waals surface area contributed by atoms with Crippen LogP contribution in [-0.2, 0) is 26.6 Å². The number of carbonyl (C=O) groups is 2. The van der Waals surface area contributed by atoms with Crippen LogP contribution in [0, 0.1) is 5.92 Å². The van der Waals surface area contributed by atoms with Gasteiger partial charge in [0.2, 0.25) is 5.91 Å². The normalized spacial score (nSPS) is 18.2. The van der Waals surface area contributed by atoms with E-state index in [1.165, 1.54) is 6.07 Å². The fourth-order valence-electron chi connectivity index (χ4n) is 4.72. The summed E-state index contributed by atoms with van der Waals surface area (Å²) < 4.78 is 52.8. The van der Waals surface area contributed by atoms with Crippen LogP contribution in [0.15, 0.2) is 36.7 Å². The molecule has 2 heterocycles. The highest BCUT2D eigenvalue weighted by Crippen LogP contribution is 2.37. The Kier molecular flexibility index (Phi) is 9.46. The van der Waals surface area contributed by atoms with Gasteiger partial charge in [0.15, 0.2) is 8.32 Å². The largest absolute Gasteiger partial charge is 0.489 e. The Morgan fingerprint density at radius 1 is 1.12 bits per heavy atom. The molecule has 0 spiro atoms. The van der Waals surface area contributed by atoms with Crippen LogP contribution >= 0.6 is 0 Å². The number of aromatic nitrogens is 3. The Morgan fingerprint density at radius 3 is 2.43 bits per heavy atom. The van der Waals surface area contributed by atoms with Gasteiger partial charge in [-0.1, -0.05) is 26.8 Å². The molecule has 1 N–H and O–H groups in total. The van der Waals surface area contributed by atoms with E-state index in [0.717, 1.165) is 49.6 Å². The monoisotopic (exact) mass is 604 g/mol. The van der Waals surface area contributed by atoms with Crippen molar-refractivity contribution in [1.29, 1.82) is 0 Å². The molecular formula is C30H39F3N4O4Si. The zero-order chi connectivity index (χ0) is 30.7. The van der Waals surface area contributed by atoms with Gasteiger partial charge >= 0.3 is 6.18 Å². The van der Waals surface area contributed by atoms with Gasteiger partial charge in [-0.25, -0.2) is 0 Å². The topological polar surface area (TPSA) is 95.3 Å². The van der Waals surface area contributed by atoms with Crippen LogP contribution in [0.25, 0.3) is 10.9 Å². The van der Waals surface area contributed by atoms with Crippen molar-refractivity contribution >= 4 is 37.1 Å². The molecule has 228 valence electrons. The number of nitrogens with zero attached hydrogens (tertiary/aromatic N) is 3. The molecule has 8 nitrogen and oxygen atoms in total. The number of nitrogens with one attached hydrogen (secondary N) is 1. The summed E-state index contributed by atoms with van der Waals surface area (Å²) in [5.41, 5.74) is 0.483. The van der Waals surface area contributed by atoms with Gasteiger partial charge in [0.25, 0.3) is 0 Å². The highest BCUT2D eigenvalue weighted by molar-refractivity contribution is 6.74. The number of rotatable bonds is 10. The van der Waals surface area contributed by atoms with Gasteiger partial charge in [0.05, 0.1) is 30.3 Å². The number of hydrogen-bond acceptors (Lipinski definition) is 6. The highest BCUT2D eigenvalue weighted by Gasteiger charge is 2.37. The Hall–Kier alpha value is -3.25. The van der Waals surface area contributed by atoms with Crippen LogP contribution in [0.3, 0.4) is 0 Å². The van der Waals surface area contributed by atoms with Crippen molar-refractivity contribution in [2.45, 2.75) is 83.2 Å². The molecule has 0 bridgehead atoms. The minimum Gasteiger partial charge on any atom is -0.489 e. The number of amides is 1. The van der Waals surface area contributed by atoms with Crippen molar-refractivity contribution in [3.8, 4) is 5.75 Å². The number of pyridine rings is 1. The fraction of sp³-hybridized carbons (Fsp3) is 0.533. The Labute approximate surface area is 245 Å². The van der Waals surface area contributed by atoms with E-state index in [1.807, 2.05) is 10.9 Å². The van der Waals surface area contributed by atoms with E-state index in [-0.39, 0.29) is 30.0 Å². The van der Waals surface area contributed by atoms with Crippen molar-refractivity contribution in [1.82, 2.24) is 14.8 Å². The third-order valence-corrected chi connectivity index (χ3v) is 12.8. The lowest BCUT2D eigenvalue weighted by atomic mass is 9.87. The zero-order valence-electron chi connectivity index (χ0n) is 24.8. The summed E-state index contributed by atoms with van der Waals surface area (Å²) in [5.74, 6) is 0.106. The first-order valence-electron chi connectivity index (χ1n) is 14.2. The van der Waals surface area contributed by atoms with Crippen LogP contribution < -0.4 is 10.1 Å². The molecule has 42 heavy (non-hydrogen) atoms. The molecule has 12 heteroatoms. The van der Waals surface area contributed by atoms with Crippen LogP contribution in [0.4, 0.5) is 18.9 Å². The fourth-order valence-corrected chi connectivity index (χ4v) is 5.75. The molecule has 1 aliphatic carbocycles. The number of alkyl halides is 3. The number of halogens is 3. The number of carbonyl (C=O) groups excluding carboxylic acids is 2. The van der Waals surface area contributed by atoms with Crippen molar-refractivity contribution in [2.24, 2.45) is 5.92 Å². The molecule has 1 saturated carbocycles. The molecule has 3 aromatic rings. The Bertz CT molecular complexity index is 1390. The van der Waals surface area contributed by atoms with Crippen molar-refractivity contribution in [3.63, 3.8) is 0 Å². The molecule has 1 aromatic carbocycles. The summed E-state index contributed by atoms with van der Waals surface area (Å²) in [6, 6.07) is 5.87. The summed E-state index contributed by atoms with van der Waals surface area (Å²) >= 11 is 0. The minimum atomic E-state index is -4.55. The second-order valence-corrected chi connectivity index (χ2v) is 17.3. The van der Waals surface area contributed by atoms with E-state index in [2.05, 4.69) is 44.2 Å². The maximum absolute atomic E-state index is 13.0. The minimum absolute atomic E-state index is 0.0515. The highest BCUT2D eigenvalue weighted by atomic mass is 28.4. The van der Waals surface area contributed by atoms with Crippen LogP contribution in [0.5, 0.6) is 5.75 Å². The number of ether oxygens (including phenoxy) is 1. The van der Waals surface area contributed by atoms with Gasteiger partial charge in [0.1, 0.15) is 24.3 Å². The van der Waals surface area contributed by atoms with Gasteiger partial charge < -0.3 is 19.3 Å². The van der Waals surface area contributed by atoms with Crippen molar-refractivity contribution in [3.05, 3.63) is 47.9 Å². The van der Waals surface area contributed by atoms with Crippen LogP contribution in [-0.4, -0.2) is 48.5 Å². The molecule has 0 unspecified atom stereocenters. The third kappa shape index (κ3) is 7.77. The van der Waals surface area contributed by atoms with E-state index < -0.39 is 26.1 Å². The van der Waals surface area contributed by atoms with E-state index in [9.17, 15) is 22.8 Å². The first kappa shape index (κ1) is 31.7. The molecule has 1 fully saturated rings. The summed E-state index contributed by atoms with van der Waals surface area (Å²) in [6.45, 7) is 11.5. The average Bonchev–Trinajstić information content (AvgIpc) is 3.33. The SMILES string of the molecule is CC(C)(C)[Si](C)(C)OCCOc1cc2nn(C3CCC(C=O)CC3)cc2cc1NC(=O)Cc1ccc(C(F)(F)F)nc1. The van der Waals surface area contributed by atoms with Crippen molar-refractivity contribution in [2.75, 3.05) is 18.5 Å². The van der Waals surface area contributed by atoms with Gasteiger partial charge in [-0.05, 0) is 61.5 Å². The molecule has 0 atom stereocenters. The zero-order valence-corrected chi connectivity index (χ0v) is 25.8. The number of benzene rings is 1. The number of aldehydes is 1. The molecule has 0 saturated heterocycles. The predicted octanol–water partition coefficient (Wildman–Crippen LogP) is 6.96. The average molecular weight is 605 g/mol. The standard InChI is InChI=1S/C30H39F3N4O4Si/c1-29(2,3)42(4,5)41-13-12-40-26-16-24-22(18-37(36-24)23-9-6-20(19-38)7-10-23)15-25(26)35-28(39)14-21-8-11-27(34-17-21)30(31,32)33/h8,11,15-20,23H,6-7,9-10,12-14H2,1-5H3,(H,35,39). The maximum Gasteiger partial charge on any atom is 0.433 e. The second kappa shape index (κ2) is 12.5. The van der Waals surface area contributed by atoms with E-state index in [0.29, 0.717) is 29.1 Å². The quantitative estimate of drug-likeness (QED) is 0.153. The molecule has 0 aliphatic heterocycles. The van der Waals surface area contributed by atoms with E-state index in [1.54, 1.807) is 12.1 Å². The molecule has 0 radical (unpaired) electrons. The smallest absolute Gasteiger partial charge is 0.433 e. The van der Waals surface area contributed by atoms with Gasteiger partial charge in [-0.15, -0.1) is 0 Å². The van der Waals surface area contributed by atoms with Crippen LogP contribution in [0.2, 0.25) is 18.1 Å². The molecular weight excluding hydrogens is 565 g/mol. The number of hydrogen-bond donors (Lipinski definition) is 1. The Morgan fingerprint density at radius 2 is 1.83 bits per heavy atom. The summed E-state index contributed by atoms with van der Waals surface area (Å²) in [4.78, 5) is 27.6. The summed E-state index contributed by atoms with van der Waals surface area (Å²) in [7, 11) is -1.97. The lowest BCUT2D eigenvalue weighted by molar-refractivity contribution is -0.141. The molecule has 1 amide bonds. The first-order chi connectivity index (χ1) is 19.7. The van der Waals surface area contributed by atoms with Gasteiger partial charge in [-0.2, -0.15) is 18.3 Å². The Balaban J connectivity index is 1.52. The van der Waals surface area contributed by atoms with Crippen molar-refractivity contribution < 1.29 is 31.9 Å². The van der Waals surface area contributed by atoms with E-state index in [4.69, 9.17) is 14.3 Å². The van der Waals surface area contributed by atoms with Gasteiger partial charge in [0, 0.05) is 29.8 Å². The lowest BCUT2D eigenvalue weighted by Gasteiger charge is -2.36. The molecule has 4 rings (SSSR count). The maximum atomic E-state index is 13.0. The van der Waals surface area contributed by atoms with E-state index >= 15 is 0 Å². The van der Waals surface area contributed by atoms with Crippen LogP contribution in [0.1, 0.15) is 63.8 Å². The lowest BCUT2D eigenvalue weighted by Crippen LogP contribution is -2.41. The predicted molar refractivity (Wildman–Crippen MR) is 157 cm³/mol. The second-order valence-electron chi connectivity index (χ2n) is 12.5. The van der Waals surface area contributed by atoms with Gasteiger partial charge in [-0.3, -0.25) is 14.5 Å². The molecule has 1 aliphatic rings. The number of anilines is 1.